The van der Waals surface area contributed by atoms with Crippen LogP contribution in [0.5, 0.6) is 11.5 Å². The molecule has 33 heavy (non-hydrogen) atoms. The molecule has 4 rings (SSSR count). The van der Waals surface area contributed by atoms with Crippen LogP contribution in [0.1, 0.15) is 52.6 Å². The first-order chi connectivity index (χ1) is 16.0. The van der Waals surface area contributed by atoms with Crippen molar-refractivity contribution in [3.8, 4) is 11.5 Å². The molecule has 1 heterocycles. The van der Waals surface area contributed by atoms with E-state index in [9.17, 15) is 9.90 Å². The van der Waals surface area contributed by atoms with Gasteiger partial charge in [0.25, 0.3) is 0 Å². The van der Waals surface area contributed by atoms with Crippen molar-refractivity contribution >= 4 is 23.3 Å². The number of aromatic hydroxyl groups is 1. The first-order valence-electron chi connectivity index (χ1n) is 10.7. The Kier molecular flexibility index (Phi) is 6.96. The van der Waals surface area contributed by atoms with Crippen molar-refractivity contribution in [2.75, 3.05) is 13.7 Å². The molecule has 0 radical (unpaired) electrons. The van der Waals surface area contributed by atoms with Crippen LogP contribution in [0, 0.1) is 0 Å². The van der Waals surface area contributed by atoms with Crippen LogP contribution in [-0.2, 0) is 4.74 Å². The normalized spacial score (nSPS) is 17.8. The molecule has 0 spiro atoms. The monoisotopic (exact) mass is 464 g/mol. The zero-order valence-corrected chi connectivity index (χ0v) is 19.2. The standard InChI is InChI=1S/C26H25ClN2O4/c1-3-33-20-11-8-16(9-12-20)22-15-23(21-14-19(27)10-13-24(21)30)29-25(28-22)17-4-6-18(7-5-17)26(31)32-2/h4-14,23,25,29-30H,3,15H2,1-2H3/t23-,25+/m0/s1. The van der Waals surface area contributed by atoms with Gasteiger partial charge in [0.05, 0.1) is 19.3 Å². The number of ether oxygens (including phenoxy) is 2. The Bertz CT molecular complexity index is 1160. The lowest BCUT2D eigenvalue weighted by atomic mass is 9.93. The average molecular weight is 465 g/mol. The summed E-state index contributed by atoms with van der Waals surface area (Å²) < 4.78 is 10.4. The molecule has 0 bridgehead atoms. The Morgan fingerprint density at radius 1 is 1.12 bits per heavy atom. The van der Waals surface area contributed by atoms with E-state index in [-0.39, 0.29) is 18.0 Å². The van der Waals surface area contributed by atoms with Crippen LogP contribution in [0.2, 0.25) is 5.02 Å². The molecule has 170 valence electrons. The van der Waals surface area contributed by atoms with Crippen LogP contribution < -0.4 is 10.1 Å². The van der Waals surface area contributed by atoms with Gasteiger partial charge in [-0.25, -0.2) is 4.79 Å². The van der Waals surface area contributed by atoms with Gasteiger partial charge in [0.15, 0.2) is 0 Å². The third-order valence-corrected chi connectivity index (χ3v) is 5.79. The van der Waals surface area contributed by atoms with Crippen molar-refractivity contribution in [1.82, 2.24) is 5.32 Å². The number of halogens is 1. The van der Waals surface area contributed by atoms with Gasteiger partial charge in [-0.3, -0.25) is 10.3 Å². The van der Waals surface area contributed by atoms with Gasteiger partial charge in [-0.2, -0.15) is 0 Å². The highest BCUT2D eigenvalue weighted by molar-refractivity contribution is 6.30. The predicted molar refractivity (Wildman–Crippen MR) is 128 cm³/mol. The maximum Gasteiger partial charge on any atom is 0.337 e. The number of aliphatic imine (C=N–C) groups is 1. The zero-order chi connectivity index (χ0) is 23.4. The number of hydrogen-bond donors (Lipinski definition) is 2. The van der Waals surface area contributed by atoms with Crippen LogP contribution in [0.15, 0.2) is 71.7 Å². The van der Waals surface area contributed by atoms with E-state index in [1.165, 1.54) is 7.11 Å². The van der Waals surface area contributed by atoms with Gasteiger partial charge in [-0.1, -0.05) is 23.7 Å². The summed E-state index contributed by atoms with van der Waals surface area (Å²) in [6.07, 6.45) is 0.189. The number of nitrogens with zero attached hydrogens (tertiary/aromatic N) is 1. The Morgan fingerprint density at radius 2 is 1.85 bits per heavy atom. The number of methoxy groups -OCH3 is 1. The van der Waals surface area contributed by atoms with Crippen molar-refractivity contribution in [3.63, 3.8) is 0 Å². The summed E-state index contributed by atoms with van der Waals surface area (Å²) in [5.74, 6) is 0.581. The molecule has 0 aliphatic carbocycles. The predicted octanol–water partition coefficient (Wildman–Crippen LogP) is 5.45. The van der Waals surface area contributed by atoms with Crippen LogP contribution in [0.3, 0.4) is 0 Å². The molecule has 1 aliphatic heterocycles. The maximum absolute atomic E-state index is 11.8. The number of rotatable bonds is 6. The Hall–Kier alpha value is -3.35. The summed E-state index contributed by atoms with van der Waals surface area (Å²) in [4.78, 5) is 16.8. The van der Waals surface area contributed by atoms with Gasteiger partial charge in [-0.05, 0) is 72.6 Å². The molecule has 0 fully saturated rings. The minimum Gasteiger partial charge on any atom is -0.508 e. The van der Waals surface area contributed by atoms with Gasteiger partial charge in [0, 0.05) is 28.8 Å². The summed E-state index contributed by atoms with van der Waals surface area (Å²) in [5, 5.41) is 14.6. The summed E-state index contributed by atoms with van der Waals surface area (Å²) in [6, 6.07) is 19.8. The van der Waals surface area contributed by atoms with E-state index in [2.05, 4.69) is 5.32 Å². The number of nitrogens with one attached hydrogen (secondary N) is 1. The lowest BCUT2D eigenvalue weighted by molar-refractivity contribution is 0.0600. The molecule has 2 N–H and O–H groups in total. The number of esters is 1. The topological polar surface area (TPSA) is 80.2 Å². The third-order valence-electron chi connectivity index (χ3n) is 5.55. The first-order valence-corrected chi connectivity index (χ1v) is 11.1. The molecular weight excluding hydrogens is 440 g/mol. The van der Waals surface area contributed by atoms with Crippen molar-refractivity contribution < 1.29 is 19.4 Å². The molecule has 0 amide bonds. The van der Waals surface area contributed by atoms with Gasteiger partial charge in [0.2, 0.25) is 0 Å². The molecule has 0 unspecified atom stereocenters. The maximum atomic E-state index is 11.8. The van der Waals surface area contributed by atoms with E-state index in [0.717, 1.165) is 22.6 Å². The number of carbonyl (C=O) groups excluding carboxylic acids is 1. The van der Waals surface area contributed by atoms with Crippen LogP contribution >= 0.6 is 11.6 Å². The Balaban J connectivity index is 1.71. The van der Waals surface area contributed by atoms with E-state index in [0.29, 0.717) is 29.2 Å². The fourth-order valence-electron chi connectivity index (χ4n) is 3.89. The lowest BCUT2D eigenvalue weighted by Gasteiger charge is -2.31. The summed E-state index contributed by atoms with van der Waals surface area (Å²) in [5.41, 5.74) is 3.93. The largest absolute Gasteiger partial charge is 0.508 e. The summed E-state index contributed by atoms with van der Waals surface area (Å²) in [7, 11) is 1.36. The van der Waals surface area contributed by atoms with Gasteiger partial charge >= 0.3 is 5.97 Å². The molecule has 6 nitrogen and oxygen atoms in total. The second-order valence-corrected chi connectivity index (χ2v) is 8.11. The molecule has 3 aromatic carbocycles. The van der Waals surface area contributed by atoms with Crippen LogP contribution in [0.4, 0.5) is 0 Å². The molecule has 0 saturated heterocycles. The van der Waals surface area contributed by atoms with E-state index >= 15 is 0 Å². The fourth-order valence-corrected chi connectivity index (χ4v) is 4.07. The highest BCUT2D eigenvalue weighted by atomic mass is 35.5. The third kappa shape index (κ3) is 5.18. The molecule has 2 atom stereocenters. The average Bonchev–Trinajstić information content (AvgIpc) is 2.85. The zero-order valence-electron chi connectivity index (χ0n) is 18.4. The number of hydrogen-bond acceptors (Lipinski definition) is 6. The second-order valence-electron chi connectivity index (χ2n) is 7.68. The van der Waals surface area contributed by atoms with Gasteiger partial charge in [0.1, 0.15) is 17.7 Å². The number of carbonyl (C=O) groups is 1. The van der Waals surface area contributed by atoms with Crippen molar-refractivity contribution in [1.29, 1.82) is 0 Å². The van der Waals surface area contributed by atoms with Crippen molar-refractivity contribution in [2.24, 2.45) is 4.99 Å². The van der Waals surface area contributed by atoms with Gasteiger partial charge in [-0.15, -0.1) is 0 Å². The van der Waals surface area contributed by atoms with E-state index < -0.39 is 5.97 Å². The smallest absolute Gasteiger partial charge is 0.337 e. The van der Waals surface area contributed by atoms with E-state index in [1.54, 1.807) is 30.3 Å². The van der Waals surface area contributed by atoms with Crippen LogP contribution in [-0.4, -0.2) is 30.5 Å². The SMILES string of the molecule is CCOc1ccc(C2=N[C@@H](c3ccc(C(=O)OC)cc3)N[C@H](c3cc(Cl)ccc3O)C2)cc1. The molecule has 1 aliphatic rings. The number of benzene rings is 3. The molecule has 0 aromatic heterocycles. The van der Waals surface area contributed by atoms with E-state index in [4.69, 9.17) is 26.1 Å². The summed E-state index contributed by atoms with van der Waals surface area (Å²) in [6.45, 7) is 2.55. The minimum absolute atomic E-state index is 0.171. The lowest BCUT2D eigenvalue weighted by Crippen LogP contribution is -2.33. The first kappa shape index (κ1) is 22.8. The molecular formula is C26H25ClN2O4. The number of phenols is 1. The van der Waals surface area contributed by atoms with Gasteiger partial charge < -0.3 is 14.6 Å². The van der Waals surface area contributed by atoms with Crippen molar-refractivity contribution in [3.05, 3.63) is 94.0 Å². The Morgan fingerprint density at radius 3 is 2.52 bits per heavy atom. The Labute approximate surface area is 197 Å². The second kappa shape index (κ2) is 10.1. The minimum atomic E-state index is -0.390. The highest BCUT2D eigenvalue weighted by Crippen LogP contribution is 2.36. The quantitative estimate of drug-likeness (QED) is 0.474. The highest BCUT2D eigenvalue weighted by Gasteiger charge is 2.28. The van der Waals surface area contributed by atoms with E-state index in [1.807, 2.05) is 43.3 Å². The molecule has 3 aromatic rings. The van der Waals surface area contributed by atoms with Crippen LogP contribution in [0.25, 0.3) is 0 Å². The number of phenolic OH excluding ortho intramolecular Hbond substituents is 1. The summed E-state index contributed by atoms with van der Waals surface area (Å²) >= 11 is 6.22. The molecule has 7 heteroatoms. The van der Waals surface area contributed by atoms with Crippen molar-refractivity contribution in [2.45, 2.75) is 25.6 Å². The fraction of sp³-hybridized carbons (Fsp3) is 0.231. The molecule has 0 saturated carbocycles.